The van der Waals surface area contributed by atoms with Gasteiger partial charge in [-0.15, -0.1) is 0 Å². The van der Waals surface area contributed by atoms with Crippen LogP contribution < -0.4 is 9.64 Å². The molecule has 1 saturated heterocycles. The number of nitrogens with zero attached hydrogens (tertiary/aromatic N) is 3. The molecule has 1 aromatic heterocycles. The predicted molar refractivity (Wildman–Crippen MR) is 129 cm³/mol. The molecule has 0 unspecified atom stereocenters. The van der Waals surface area contributed by atoms with Crippen LogP contribution >= 0.6 is 0 Å². The van der Waals surface area contributed by atoms with Crippen molar-refractivity contribution in [1.29, 1.82) is 0 Å². The number of para-hydroxylation sites is 2. The van der Waals surface area contributed by atoms with Crippen molar-refractivity contribution in [3.8, 4) is 5.75 Å². The molecule has 1 aliphatic rings. The molecule has 6 nitrogen and oxygen atoms in total. The van der Waals surface area contributed by atoms with E-state index in [2.05, 4.69) is 0 Å². The van der Waals surface area contributed by atoms with E-state index in [1.165, 1.54) is 12.1 Å². The van der Waals surface area contributed by atoms with E-state index in [-0.39, 0.29) is 37.2 Å². The lowest BCUT2D eigenvalue weighted by Gasteiger charge is -2.19. The molecule has 1 fully saturated rings. The fraction of sp³-hybridized carbons (Fsp3) is 0.259. The van der Waals surface area contributed by atoms with Gasteiger partial charge >= 0.3 is 0 Å². The van der Waals surface area contributed by atoms with Crippen molar-refractivity contribution in [3.63, 3.8) is 0 Å². The molecular weight excluding hydrogens is 433 g/mol. The molecule has 1 N–H and O–H groups in total. The Bertz CT molecular complexity index is 1340. The van der Waals surface area contributed by atoms with Gasteiger partial charge in [-0.3, -0.25) is 4.79 Å². The number of ether oxygens (including phenoxy) is 1. The highest BCUT2D eigenvalue weighted by atomic mass is 19.1. The smallest absolute Gasteiger partial charge is 0.227 e. The van der Waals surface area contributed by atoms with Crippen LogP contribution in [0.25, 0.3) is 11.0 Å². The number of hydrogen-bond donors (Lipinski definition) is 1. The van der Waals surface area contributed by atoms with Crippen molar-refractivity contribution in [2.45, 2.75) is 31.9 Å². The van der Waals surface area contributed by atoms with E-state index in [0.717, 1.165) is 22.4 Å². The van der Waals surface area contributed by atoms with Gasteiger partial charge in [-0.2, -0.15) is 0 Å². The Morgan fingerprint density at radius 1 is 1.12 bits per heavy atom. The second kappa shape index (κ2) is 9.27. The maximum Gasteiger partial charge on any atom is 0.227 e. The molecule has 34 heavy (non-hydrogen) atoms. The average Bonchev–Trinajstić information content (AvgIpc) is 3.38. The number of rotatable bonds is 7. The quantitative estimate of drug-likeness (QED) is 0.444. The first kappa shape index (κ1) is 22.1. The zero-order valence-corrected chi connectivity index (χ0v) is 18.9. The highest BCUT2D eigenvalue weighted by Crippen LogP contribution is 2.33. The summed E-state index contributed by atoms with van der Waals surface area (Å²) in [4.78, 5) is 19.2. The van der Waals surface area contributed by atoms with E-state index in [1.54, 1.807) is 17.0 Å². The zero-order valence-electron chi connectivity index (χ0n) is 18.9. The van der Waals surface area contributed by atoms with Gasteiger partial charge in [0, 0.05) is 24.6 Å². The summed E-state index contributed by atoms with van der Waals surface area (Å²) in [5.41, 5.74) is 3.33. The molecule has 3 aromatic carbocycles. The molecule has 0 spiro atoms. The molecule has 0 saturated carbocycles. The van der Waals surface area contributed by atoms with Crippen molar-refractivity contribution < 1.29 is 19.0 Å². The molecule has 0 bridgehead atoms. The summed E-state index contributed by atoms with van der Waals surface area (Å²) < 4.78 is 21.5. The number of aryl methyl sites for hydroxylation is 1. The average molecular weight is 460 g/mol. The summed E-state index contributed by atoms with van der Waals surface area (Å²) in [5, 5.41) is 10.8. The molecular formula is C27H26FN3O3. The maximum atomic E-state index is 13.7. The number of fused-ring (bicyclic) bond motifs is 1. The van der Waals surface area contributed by atoms with Crippen molar-refractivity contribution in [2.24, 2.45) is 0 Å². The van der Waals surface area contributed by atoms with E-state index in [1.807, 2.05) is 60.0 Å². The van der Waals surface area contributed by atoms with Gasteiger partial charge in [0.1, 0.15) is 30.1 Å². The first-order valence-corrected chi connectivity index (χ1v) is 11.4. The summed E-state index contributed by atoms with van der Waals surface area (Å²) in [5.74, 6) is 0.827. The minimum Gasteiger partial charge on any atom is -0.491 e. The molecule has 2 atom stereocenters. The molecule has 5 rings (SSSR count). The third kappa shape index (κ3) is 4.52. The number of imidazole rings is 1. The Morgan fingerprint density at radius 3 is 2.76 bits per heavy atom. The van der Waals surface area contributed by atoms with Crippen LogP contribution in [0.1, 0.15) is 23.7 Å². The van der Waals surface area contributed by atoms with Gasteiger partial charge in [-0.25, -0.2) is 9.37 Å². The minimum atomic E-state index is -0.770. The molecule has 1 aliphatic heterocycles. The first-order chi connectivity index (χ1) is 16.5. The minimum absolute atomic E-state index is 0.0717. The van der Waals surface area contributed by atoms with Crippen LogP contribution in [0.5, 0.6) is 5.75 Å². The van der Waals surface area contributed by atoms with E-state index >= 15 is 0 Å². The Kier molecular flexibility index (Phi) is 6.02. The molecule has 0 aliphatic carbocycles. The van der Waals surface area contributed by atoms with Gasteiger partial charge in [-0.1, -0.05) is 30.3 Å². The van der Waals surface area contributed by atoms with Crippen LogP contribution in [-0.2, 0) is 11.3 Å². The van der Waals surface area contributed by atoms with Gasteiger partial charge in [0.15, 0.2) is 0 Å². The SMILES string of the molecule is Cc1cccc(OC[C@H](O)Cn2c([C@H]3CC(=O)N(c4cccc(F)c4)C3)nc3ccccc32)c1. The number of halogens is 1. The fourth-order valence-corrected chi connectivity index (χ4v) is 4.53. The number of aliphatic hydroxyl groups excluding tert-OH is 1. The second-order valence-electron chi connectivity index (χ2n) is 8.74. The summed E-state index contributed by atoms with van der Waals surface area (Å²) in [6.45, 7) is 2.81. The summed E-state index contributed by atoms with van der Waals surface area (Å²) in [6, 6.07) is 21.5. The molecule has 0 radical (unpaired) electrons. The number of carbonyl (C=O) groups excluding carboxylic acids is 1. The Hall–Kier alpha value is -3.71. The Balaban J connectivity index is 1.38. The molecule has 174 valence electrons. The van der Waals surface area contributed by atoms with Crippen molar-refractivity contribution >= 4 is 22.6 Å². The maximum absolute atomic E-state index is 13.7. The monoisotopic (exact) mass is 459 g/mol. The van der Waals surface area contributed by atoms with Crippen LogP contribution in [0.4, 0.5) is 10.1 Å². The van der Waals surface area contributed by atoms with Crippen LogP contribution in [0.15, 0.2) is 72.8 Å². The van der Waals surface area contributed by atoms with Gasteiger partial charge in [-0.05, 0) is 55.0 Å². The van der Waals surface area contributed by atoms with Gasteiger partial charge < -0.3 is 19.3 Å². The van der Waals surface area contributed by atoms with Crippen molar-refractivity contribution in [2.75, 3.05) is 18.1 Å². The van der Waals surface area contributed by atoms with Crippen LogP contribution in [0, 0.1) is 12.7 Å². The van der Waals surface area contributed by atoms with Crippen molar-refractivity contribution in [1.82, 2.24) is 9.55 Å². The number of carbonyl (C=O) groups is 1. The molecule has 1 amide bonds. The van der Waals surface area contributed by atoms with Gasteiger partial charge in [0.2, 0.25) is 5.91 Å². The standard InChI is InChI=1S/C27H26FN3O3/c1-18-6-4-9-23(12-18)34-17-22(32)16-31-25-11-3-2-10-24(25)29-27(31)19-13-26(33)30(15-19)21-8-5-7-20(28)14-21/h2-12,14,19,22,32H,13,15-17H2,1H3/t19-,22+/m0/s1. The summed E-state index contributed by atoms with van der Waals surface area (Å²) >= 11 is 0. The Labute approximate surface area is 197 Å². The predicted octanol–water partition coefficient (Wildman–Crippen LogP) is 4.44. The second-order valence-corrected chi connectivity index (χ2v) is 8.74. The molecule has 4 aromatic rings. The van der Waals surface area contributed by atoms with E-state index in [9.17, 15) is 14.3 Å². The largest absolute Gasteiger partial charge is 0.491 e. The Morgan fingerprint density at radius 2 is 1.94 bits per heavy atom. The first-order valence-electron chi connectivity index (χ1n) is 11.4. The lowest BCUT2D eigenvalue weighted by molar-refractivity contribution is -0.117. The highest BCUT2D eigenvalue weighted by molar-refractivity contribution is 5.96. The van der Waals surface area contributed by atoms with Crippen molar-refractivity contribution in [3.05, 3.63) is 90.0 Å². The number of benzene rings is 3. The highest BCUT2D eigenvalue weighted by Gasteiger charge is 2.35. The third-order valence-electron chi connectivity index (χ3n) is 6.12. The number of amides is 1. The van der Waals surface area contributed by atoms with Gasteiger partial charge in [0.05, 0.1) is 17.6 Å². The van der Waals surface area contributed by atoms with Gasteiger partial charge in [0.25, 0.3) is 0 Å². The lowest BCUT2D eigenvalue weighted by Crippen LogP contribution is -2.26. The number of aliphatic hydroxyl groups is 1. The lowest BCUT2D eigenvalue weighted by atomic mass is 10.1. The summed E-state index contributed by atoms with van der Waals surface area (Å²) in [7, 11) is 0. The number of anilines is 1. The van der Waals surface area contributed by atoms with E-state index < -0.39 is 6.10 Å². The van der Waals surface area contributed by atoms with Crippen LogP contribution in [-0.4, -0.2) is 39.8 Å². The molecule has 2 heterocycles. The third-order valence-corrected chi connectivity index (χ3v) is 6.12. The topological polar surface area (TPSA) is 67.6 Å². The van der Waals surface area contributed by atoms with Crippen LogP contribution in [0.2, 0.25) is 0 Å². The normalized spacial score (nSPS) is 16.9. The zero-order chi connectivity index (χ0) is 23.7. The summed E-state index contributed by atoms with van der Waals surface area (Å²) in [6.07, 6.45) is -0.497. The number of aromatic nitrogens is 2. The number of hydrogen-bond acceptors (Lipinski definition) is 4. The molecule has 7 heteroatoms. The fourth-order valence-electron chi connectivity index (χ4n) is 4.53. The van der Waals surface area contributed by atoms with Crippen LogP contribution in [0.3, 0.4) is 0 Å². The van der Waals surface area contributed by atoms with E-state index in [0.29, 0.717) is 18.0 Å². The van der Waals surface area contributed by atoms with E-state index in [4.69, 9.17) is 9.72 Å².